The Morgan fingerprint density at radius 1 is 1.08 bits per heavy atom. The third-order valence-corrected chi connectivity index (χ3v) is 5.04. The van der Waals surface area contributed by atoms with Crippen LogP contribution in [0.2, 0.25) is 0 Å². The van der Waals surface area contributed by atoms with Gasteiger partial charge in [0.2, 0.25) is 15.9 Å². The van der Waals surface area contributed by atoms with Crippen molar-refractivity contribution in [2.75, 3.05) is 30.1 Å². The summed E-state index contributed by atoms with van der Waals surface area (Å²) >= 11 is 0. The summed E-state index contributed by atoms with van der Waals surface area (Å²) < 4.78 is 26.3. The second-order valence-electron chi connectivity index (χ2n) is 6.08. The summed E-state index contributed by atoms with van der Waals surface area (Å²) in [6.07, 6.45) is 2.05. The van der Waals surface area contributed by atoms with Gasteiger partial charge in [-0.15, -0.1) is 0 Å². The number of rotatable bonds is 11. The van der Waals surface area contributed by atoms with Crippen LogP contribution in [0.5, 0.6) is 0 Å². The zero-order valence-electron chi connectivity index (χ0n) is 15.7. The minimum Gasteiger partial charge on any atom is -0.355 e. The van der Waals surface area contributed by atoms with Crippen molar-refractivity contribution in [3.63, 3.8) is 0 Å². The maximum absolute atomic E-state index is 12.8. The summed E-state index contributed by atoms with van der Waals surface area (Å²) in [5, 5.41) is 2.76. The number of benzene rings is 1. The smallest absolute Gasteiger partial charge is 0.254 e. The van der Waals surface area contributed by atoms with Crippen molar-refractivity contribution in [1.82, 2.24) is 10.2 Å². The van der Waals surface area contributed by atoms with Crippen molar-refractivity contribution >= 4 is 27.5 Å². The molecule has 0 fully saturated rings. The normalized spacial score (nSPS) is 11.0. The van der Waals surface area contributed by atoms with Crippen LogP contribution >= 0.6 is 0 Å². The Labute approximate surface area is 156 Å². The predicted octanol–water partition coefficient (Wildman–Crippen LogP) is 2.22. The molecule has 0 atom stereocenters. The molecule has 0 bridgehead atoms. The van der Waals surface area contributed by atoms with Gasteiger partial charge in [-0.05, 0) is 37.5 Å². The van der Waals surface area contributed by atoms with E-state index in [1.165, 1.54) is 11.0 Å². The lowest BCUT2D eigenvalue weighted by Gasteiger charge is -2.22. The molecule has 0 unspecified atom stereocenters. The summed E-state index contributed by atoms with van der Waals surface area (Å²) in [5.41, 5.74) is 0.689. The highest BCUT2D eigenvalue weighted by Gasteiger charge is 2.19. The molecule has 1 rings (SSSR count). The summed E-state index contributed by atoms with van der Waals surface area (Å²) in [4.78, 5) is 26.2. The van der Waals surface area contributed by atoms with E-state index in [9.17, 15) is 18.0 Å². The molecule has 0 aliphatic heterocycles. The van der Waals surface area contributed by atoms with Crippen LogP contribution in [0.1, 0.15) is 50.4 Å². The first-order valence-electron chi connectivity index (χ1n) is 8.99. The van der Waals surface area contributed by atoms with E-state index in [4.69, 9.17) is 0 Å². The van der Waals surface area contributed by atoms with Crippen molar-refractivity contribution < 1.29 is 18.0 Å². The fourth-order valence-electron chi connectivity index (χ4n) is 2.41. The summed E-state index contributed by atoms with van der Waals surface area (Å²) in [6, 6.07) is 6.34. The fraction of sp³-hybridized carbons (Fsp3) is 0.556. The highest BCUT2D eigenvalue weighted by Crippen LogP contribution is 2.15. The zero-order chi connectivity index (χ0) is 19.6. The number of anilines is 1. The predicted molar refractivity (Wildman–Crippen MR) is 104 cm³/mol. The summed E-state index contributed by atoms with van der Waals surface area (Å²) in [7, 11) is -3.43. The molecule has 1 aromatic carbocycles. The van der Waals surface area contributed by atoms with Gasteiger partial charge in [0.15, 0.2) is 0 Å². The van der Waals surface area contributed by atoms with Gasteiger partial charge in [0, 0.05) is 24.3 Å². The van der Waals surface area contributed by atoms with Crippen LogP contribution < -0.4 is 10.0 Å². The Morgan fingerprint density at radius 2 is 1.81 bits per heavy atom. The highest BCUT2D eigenvalue weighted by atomic mass is 32.2. The van der Waals surface area contributed by atoms with Crippen molar-refractivity contribution in [2.45, 2.75) is 40.0 Å². The van der Waals surface area contributed by atoms with Gasteiger partial charge in [-0.1, -0.05) is 26.8 Å². The maximum atomic E-state index is 12.8. The first-order valence-corrected chi connectivity index (χ1v) is 10.6. The van der Waals surface area contributed by atoms with Gasteiger partial charge < -0.3 is 10.2 Å². The van der Waals surface area contributed by atoms with Crippen LogP contribution in [-0.2, 0) is 14.8 Å². The summed E-state index contributed by atoms with van der Waals surface area (Å²) in [5.74, 6) is -0.478. The van der Waals surface area contributed by atoms with E-state index >= 15 is 0 Å². The number of nitrogens with zero attached hydrogens (tertiary/aromatic N) is 1. The SMILES string of the molecule is CCCNC(=O)CN(CCC)C(=O)c1cccc(NS(=O)(=O)CCC)c1. The number of hydrogen-bond acceptors (Lipinski definition) is 4. The summed E-state index contributed by atoms with van der Waals surface area (Å²) in [6.45, 7) is 6.68. The second-order valence-corrected chi connectivity index (χ2v) is 7.92. The van der Waals surface area contributed by atoms with Crippen molar-refractivity contribution in [3.05, 3.63) is 29.8 Å². The van der Waals surface area contributed by atoms with Gasteiger partial charge in [-0.25, -0.2) is 8.42 Å². The molecule has 0 saturated carbocycles. The Bertz CT molecular complexity index is 704. The standard InChI is InChI=1S/C18H29N3O4S/c1-4-10-19-17(22)14-21(11-5-2)18(23)15-8-7-9-16(13-15)20-26(24,25)12-6-3/h7-9,13,20H,4-6,10-12,14H2,1-3H3,(H,19,22). The van der Waals surface area contributed by atoms with Gasteiger partial charge in [0.25, 0.3) is 5.91 Å². The third-order valence-electron chi connectivity index (χ3n) is 3.54. The Hall–Kier alpha value is -2.09. The quantitative estimate of drug-likeness (QED) is 0.612. The number of carbonyl (C=O) groups excluding carboxylic acids is 2. The Balaban J connectivity index is 2.91. The molecule has 0 aromatic heterocycles. The van der Waals surface area contributed by atoms with Crippen LogP contribution in [0.25, 0.3) is 0 Å². The molecule has 26 heavy (non-hydrogen) atoms. The minimum absolute atomic E-state index is 0.0154. The molecule has 7 nitrogen and oxygen atoms in total. The van der Waals surface area contributed by atoms with Crippen LogP contribution in [0, 0.1) is 0 Å². The lowest BCUT2D eigenvalue weighted by Crippen LogP contribution is -2.41. The molecule has 0 heterocycles. The van der Waals surface area contributed by atoms with E-state index in [0.717, 1.165) is 12.8 Å². The molecule has 8 heteroatoms. The Kier molecular flexibility index (Phi) is 9.12. The monoisotopic (exact) mass is 383 g/mol. The molecule has 0 aliphatic rings. The lowest BCUT2D eigenvalue weighted by molar-refractivity contribution is -0.121. The highest BCUT2D eigenvalue weighted by molar-refractivity contribution is 7.92. The molecule has 0 radical (unpaired) electrons. The fourth-order valence-corrected chi connectivity index (χ4v) is 3.54. The van der Waals surface area contributed by atoms with Crippen LogP contribution in [0.3, 0.4) is 0 Å². The topological polar surface area (TPSA) is 95.6 Å². The molecule has 2 N–H and O–H groups in total. The van der Waals surface area contributed by atoms with Gasteiger partial charge in [-0.3, -0.25) is 14.3 Å². The second kappa shape index (κ2) is 10.8. The van der Waals surface area contributed by atoms with Gasteiger partial charge in [0.1, 0.15) is 0 Å². The van der Waals surface area contributed by atoms with E-state index in [-0.39, 0.29) is 24.1 Å². The largest absolute Gasteiger partial charge is 0.355 e. The third kappa shape index (κ3) is 7.43. The van der Waals surface area contributed by atoms with Crippen LogP contribution in [-0.4, -0.2) is 50.5 Å². The van der Waals surface area contributed by atoms with Gasteiger partial charge in [0.05, 0.1) is 12.3 Å². The van der Waals surface area contributed by atoms with Crippen molar-refractivity contribution in [1.29, 1.82) is 0 Å². The molecular weight excluding hydrogens is 354 g/mol. The Morgan fingerprint density at radius 3 is 2.42 bits per heavy atom. The van der Waals surface area contributed by atoms with Crippen molar-refractivity contribution in [3.8, 4) is 0 Å². The first kappa shape index (κ1) is 22.0. The van der Waals surface area contributed by atoms with E-state index in [0.29, 0.717) is 30.8 Å². The van der Waals surface area contributed by atoms with Gasteiger partial charge in [-0.2, -0.15) is 0 Å². The number of amides is 2. The van der Waals surface area contributed by atoms with E-state index in [1.807, 2.05) is 13.8 Å². The lowest BCUT2D eigenvalue weighted by atomic mass is 10.1. The maximum Gasteiger partial charge on any atom is 0.254 e. The number of nitrogens with one attached hydrogen (secondary N) is 2. The molecule has 0 saturated heterocycles. The number of sulfonamides is 1. The van der Waals surface area contributed by atoms with Crippen molar-refractivity contribution in [2.24, 2.45) is 0 Å². The average molecular weight is 384 g/mol. The average Bonchev–Trinajstić information content (AvgIpc) is 2.58. The van der Waals surface area contributed by atoms with Crippen LogP contribution in [0.15, 0.2) is 24.3 Å². The van der Waals surface area contributed by atoms with Crippen LogP contribution in [0.4, 0.5) is 5.69 Å². The zero-order valence-corrected chi connectivity index (χ0v) is 16.6. The minimum atomic E-state index is -3.43. The molecule has 146 valence electrons. The van der Waals surface area contributed by atoms with E-state index in [2.05, 4.69) is 10.0 Å². The molecular formula is C18H29N3O4S. The molecule has 0 spiro atoms. The number of carbonyl (C=O) groups is 2. The van der Waals surface area contributed by atoms with Gasteiger partial charge >= 0.3 is 0 Å². The molecule has 0 aliphatic carbocycles. The number of hydrogen-bond donors (Lipinski definition) is 2. The molecule has 1 aromatic rings. The molecule has 2 amide bonds. The first-order chi connectivity index (χ1) is 12.3. The van der Waals surface area contributed by atoms with E-state index in [1.54, 1.807) is 25.1 Å². The van der Waals surface area contributed by atoms with E-state index < -0.39 is 10.0 Å².